The lowest BCUT2D eigenvalue weighted by Gasteiger charge is -2.29. The van der Waals surface area contributed by atoms with Crippen molar-refractivity contribution in [1.82, 2.24) is 5.32 Å². The minimum absolute atomic E-state index is 0.0635. The summed E-state index contributed by atoms with van der Waals surface area (Å²) >= 11 is 5.01. The standard InChI is InChI=1S/C24H22BrN3O2S/c1-16-6-8-17(9-7-16)14-28-21-12-19(10-11-22(21)31-15-23(28)29)27-24(30)26-13-18-4-2-3-5-20(18)25/h2-12H,13-15H2,1H3,(H2,26,27,30). The molecule has 4 rings (SSSR count). The van der Waals surface area contributed by atoms with E-state index in [2.05, 4.69) is 26.6 Å². The number of fused-ring (bicyclic) bond motifs is 1. The largest absolute Gasteiger partial charge is 0.334 e. The molecule has 0 saturated carbocycles. The van der Waals surface area contributed by atoms with Gasteiger partial charge >= 0.3 is 6.03 Å². The molecule has 31 heavy (non-hydrogen) atoms. The molecule has 158 valence electrons. The van der Waals surface area contributed by atoms with Crippen molar-refractivity contribution in [3.63, 3.8) is 0 Å². The smallest absolute Gasteiger partial charge is 0.319 e. The van der Waals surface area contributed by atoms with Gasteiger partial charge < -0.3 is 15.5 Å². The van der Waals surface area contributed by atoms with Crippen LogP contribution in [0.3, 0.4) is 0 Å². The molecule has 2 N–H and O–H groups in total. The first kappa shape index (κ1) is 21.5. The van der Waals surface area contributed by atoms with Crippen molar-refractivity contribution in [3.05, 3.63) is 87.9 Å². The van der Waals surface area contributed by atoms with Crippen LogP contribution in [0.2, 0.25) is 0 Å². The Kier molecular flexibility index (Phi) is 6.63. The molecule has 0 fully saturated rings. The highest BCUT2D eigenvalue weighted by Crippen LogP contribution is 2.38. The third-order valence-electron chi connectivity index (χ3n) is 5.02. The molecule has 0 aliphatic carbocycles. The van der Waals surface area contributed by atoms with Crippen molar-refractivity contribution in [2.24, 2.45) is 0 Å². The van der Waals surface area contributed by atoms with E-state index in [9.17, 15) is 9.59 Å². The second-order valence-electron chi connectivity index (χ2n) is 7.34. The topological polar surface area (TPSA) is 61.4 Å². The minimum Gasteiger partial charge on any atom is -0.334 e. The second-order valence-corrected chi connectivity index (χ2v) is 9.21. The number of halogens is 1. The zero-order valence-corrected chi connectivity index (χ0v) is 19.4. The maximum absolute atomic E-state index is 12.7. The fourth-order valence-corrected chi connectivity index (χ4v) is 4.66. The molecule has 1 aliphatic rings. The lowest BCUT2D eigenvalue weighted by molar-refractivity contribution is -0.116. The van der Waals surface area contributed by atoms with Crippen molar-refractivity contribution in [2.75, 3.05) is 16.0 Å². The van der Waals surface area contributed by atoms with Crippen molar-refractivity contribution < 1.29 is 9.59 Å². The number of rotatable bonds is 5. The molecule has 0 atom stereocenters. The predicted molar refractivity (Wildman–Crippen MR) is 130 cm³/mol. The van der Waals surface area contributed by atoms with E-state index in [1.54, 1.807) is 4.90 Å². The Morgan fingerprint density at radius 1 is 1.10 bits per heavy atom. The van der Waals surface area contributed by atoms with Crippen LogP contribution in [0, 0.1) is 6.92 Å². The van der Waals surface area contributed by atoms with Crippen LogP contribution >= 0.6 is 27.7 Å². The monoisotopic (exact) mass is 495 g/mol. The molecule has 1 heterocycles. The van der Waals surface area contributed by atoms with E-state index in [-0.39, 0.29) is 11.9 Å². The van der Waals surface area contributed by atoms with Gasteiger partial charge in [0.25, 0.3) is 0 Å². The summed E-state index contributed by atoms with van der Waals surface area (Å²) in [6, 6.07) is 21.3. The summed E-state index contributed by atoms with van der Waals surface area (Å²) in [5, 5.41) is 5.74. The van der Waals surface area contributed by atoms with E-state index in [1.807, 2.05) is 73.7 Å². The highest BCUT2D eigenvalue weighted by molar-refractivity contribution is 9.10. The van der Waals surface area contributed by atoms with Gasteiger partial charge in [-0.3, -0.25) is 4.79 Å². The van der Waals surface area contributed by atoms with E-state index in [4.69, 9.17) is 0 Å². The number of thioether (sulfide) groups is 1. The zero-order valence-electron chi connectivity index (χ0n) is 17.0. The van der Waals surface area contributed by atoms with E-state index < -0.39 is 0 Å². The highest BCUT2D eigenvalue weighted by Gasteiger charge is 2.25. The first-order chi connectivity index (χ1) is 15.0. The van der Waals surface area contributed by atoms with Gasteiger partial charge in [-0.25, -0.2) is 4.79 Å². The van der Waals surface area contributed by atoms with Crippen molar-refractivity contribution >= 4 is 51.0 Å². The molecular formula is C24H22BrN3O2S. The average Bonchev–Trinajstić information content (AvgIpc) is 2.76. The Bertz CT molecular complexity index is 1120. The fraction of sp³-hybridized carbons (Fsp3) is 0.167. The van der Waals surface area contributed by atoms with Crippen molar-refractivity contribution in [1.29, 1.82) is 0 Å². The number of hydrogen-bond donors (Lipinski definition) is 2. The number of carbonyl (C=O) groups excluding carboxylic acids is 2. The molecule has 0 saturated heterocycles. The van der Waals surface area contributed by atoms with E-state index in [0.29, 0.717) is 24.5 Å². The average molecular weight is 496 g/mol. The summed E-state index contributed by atoms with van der Waals surface area (Å²) in [4.78, 5) is 27.9. The van der Waals surface area contributed by atoms with Crippen LogP contribution in [0.1, 0.15) is 16.7 Å². The van der Waals surface area contributed by atoms with Gasteiger partial charge in [0.2, 0.25) is 5.91 Å². The fourth-order valence-electron chi connectivity index (χ4n) is 3.32. The maximum Gasteiger partial charge on any atom is 0.319 e. The lowest BCUT2D eigenvalue weighted by Crippen LogP contribution is -2.35. The molecule has 1 aliphatic heterocycles. The number of carbonyl (C=O) groups is 2. The van der Waals surface area contributed by atoms with Crippen LogP contribution < -0.4 is 15.5 Å². The van der Waals surface area contributed by atoms with Gasteiger partial charge in [0.1, 0.15) is 0 Å². The third kappa shape index (κ3) is 5.29. The van der Waals surface area contributed by atoms with Gasteiger partial charge in [-0.15, -0.1) is 11.8 Å². The van der Waals surface area contributed by atoms with E-state index >= 15 is 0 Å². The summed E-state index contributed by atoms with van der Waals surface area (Å²) < 4.78 is 0.950. The highest BCUT2D eigenvalue weighted by atomic mass is 79.9. The number of aryl methyl sites for hydroxylation is 1. The molecule has 3 amide bonds. The molecular weight excluding hydrogens is 474 g/mol. The Hall–Kier alpha value is -2.77. The molecule has 3 aromatic rings. The number of urea groups is 1. The van der Waals surface area contributed by atoms with Gasteiger partial charge in [0.15, 0.2) is 0 Å². The Morgan fingerprint density at radius 3 is 2.65 bits per heavy atom. The zero-order chi connectivity index (χ0) is 21.8. The molecule has 0 bridgehead atoms. The van der Waals surface area contributed by atoms with Crippen molar-refractivity contribution in [3.8, 4) is 0 Å². The van der Waals surface area contributed by atoms with Crippen LogP contribution in [0.15, 0.2) is 76.1 Å². The van der Waals surface area contributed by atoms with Gasteiger partial charge in [-0.2, -0.15) is 0 Å². The molecule has 0 spiro atoms. The SMILES string of the molecule is Cc1ccc(CN2C(=O)CSc3ccc(NC(=O)NCc4ccccc4Br)cc32)cc1. The van der Waals surface area contributed by atoms with E-state index in [1.165, 1.54) is 17.3 Å². The number of benzene rings is 3. The molecule has 5 nitrogen and oxygen atoms in total. The number of anilines is 2. The van der Waals surface area contributed by atoms with Crippen molar-refractivity contribution in [2.45, 2.75) is 24.9 Å². The third-order valence-corrected chi connectivity index (χ3v) is 6.84. The first-order valence-corrected chi connectivity index (χ1v) is 11.7. The Balaban J connectivity index is 1.47. The molecule has 0 radical (unpaired) electrons. The summed E-state index contributed by atoms with van der Waals surface area (Å²) in [6.07, 6.45) is 0. The number of nitrogens with zero attached hydrogens (tertiary/aromatic N) is 1. The summed E-state index contributed by atoms with van der Waals surface area (Å²) in [7, 11) is 0. The predicted octanol–water partition coefficient (Wildman–Crippen LogP) is 5.72. The van der Waals surface area contributed by atoms with Crippen LogP contribution in [-0.4, -0.2) is 17.7 Å². The Labute approximate surface area is 194 Å². The summed E-state index contributed by atoms with van der Waals surface area (Å²) in [6.45, 7) is 2.96. The van der Waals surface area contributed by atoms with Gasteiger partial charge in [0, 0.05) is 21.6 Å². The van der Waals surface area contributed by atoms with Crippen LogP contribution in [0.4, 0.5) is 16.2 Å². The lowest BCUT2D eigenvalue weighted by atomic mass is 10.1. The molecule has 0 aromatic heterocycles. The van der Waals surface area contributed by atoms with Crippen LogP contribution in [0.5, 0.6) is 0 Å². The second kappa shape index (κ2) is 9.58. The normalized spacial score (nSPS) is 13.0. The Morgan fingerprint density at radius 2 is 1.87 bits per heavy atom. The quantitative estimate of drug-likeness (QED) is 0.475. The van der Waals surface area contributed by atoms with Gasteiger partial charge in [0.05, 0.1) is 18.0 Å². The van der Waals surface area contributed by atoms with Gasteiger partial charge in [-0.1, -0.05) is 64.0 Å². The molecule has 0 unspecified atom stereocenters. The molecule has 7 heteroatoms. The molecule has 3 aromatic carbocycles. The number of hydrogen-bond acceptors (Lipinski definition) is 3. The number of amides is 3. The van der Waals surface area contributed by atoms with Crippen LogP contribution in [-0.2, 0) is 17.9 Å². The maximum atomic E-state index is 12.7. The summed E-state index contributed by atoms with van der Waals surface area (Å²) in [5.41, 5.74) is 4.72. The minimum atomic E-state index is -0.296. The first-order valence-electron chi connectivity index (χ1n) is 9.90. The van der Waals surface area contributed by atoms with E-state index in [0.717, 1.165) is 26.2 Å². The number of nitrogens with one attached hydrogen (secondary N) is 2. The summed E-state index contributed by atoms with van der Waals surface area (Å²) in [5.74, 6) is 0.478. The van der Waals surface area contributed by atoms with Gasteiger partial charge in [-0.05, 0) is 42.3 Å². The van der Waals surface area contributed by atoms with Crippen LogP contribution in [0.25, 0.3) is 0 Å².